The Kier molecular flexibility index (Phi) is 5.90. The van der Waals surface area contributed by atoms with Gasteiger partial charge in [0.15, 0.2) is 0 Å². The van der Waals surface area contributed by atoms with Crippen LogP contribution in [0, 0.1) is 0 Å². The molecule has 3 heterocycles. The third-order valence-electron chi connectivity index (χ3n) is 6.28. The van der Waals surface area contributed by atoms with Crippen LogP contribution in [-0.4, -0.2) is 51.6 Å². The second kappa shape index (κ2) is 9.12. The number of rotatable bonds is 6. The van der Waals surface area contributed by atoms with Gasteiger partial charge in [-0.1, -0.05) is 29.4 Å². The highest BCUT2D eigenvalue weighted by atomic mass is 16.5. The number of fused-ring (bicyclic) bond motifs is 1. The first kappa shape index (κ1) is 20.7. The zero-order valence-electron chi connectivity index (χ0n) is 18.4. The van der Waals surface area contributed by atoms with Gasteiger partial charge in [-0.25, -0.2) is 0 Å². The minimum Gasteiger partial charge on any atom is -0.494 e. The maximum Gasteiger partial charge on any atom is 0.241 e. The van der Waals surface area contributed by atoms with Crippen molar-refractivity contribution in [1.82, 2.24) is 19.9 Å². The lowest BCUT2D eigenvalue weighted by Gasteiger charge is -2.37. The van der Waals surface area contributed by atoms with Crippen molar-refractivity contribution >= 4 is 5.91 Å². The van der Waals surface area contributed by atoms with Crippen molar-refractivity contribution in [3.63, 3.8) is 0 Å². The molecule has 0 aliphatic carbocycles. The monoisotopic (exact) mass is 432 g/mol. The van der Waals surface area contributed by atoms with E-state index in [0.717, 1.165) is 37.2 Å². The molecule has 1 atom stereocenters. The topological polar surface area (TPSA) is 71.7 Å². The zero-order valence-corrected chi connectivity index (χ0v) is 18.4. The Morgan fingerprint density at radius 1 is 1.09 bits per heavy atom. The van der Waals surface area contributed by atoms with Crippen LogP contribution in [0.1, 0.15) is 36.8 Å². The molecule has 1 amide bonds. The van der Waals surface area contributed by atoms with E-state index in [1.165, 1.54) is 11.1 Å². The van der Waals surface area contributed by atoms with Crippen molar-refractivity contribution in [2.45, 2.75) is 45.3 Å². The average Bonchev–Trinajstić information content (AvgIpc) is 3.52. The normalized spacial score (nSPS) is 18.5. The highest BCUT2D eigenvalue weighted by Gasteiger charge is 2.35. The number of ether oxygens (including phenoxy) is 1. The molecule has 0 spiro atoms. The summed E-state index contributed by atoms with van der Waals surface area (Å²) in [5, 5.41) is 4.17. The third kappa shape index (κ3) is 4.25. The van der Waals surface area contributed by atoms with Gasteiger partial charge in [0.1, 0.15) is 5.75 Å². The van der Waals surface area contributed by atoms with Crippen LogP contribution in [0.3, 0.4) is 0 Å². The minimum absolute atomic E-state index is 0.205. The van der Waals surface area contributed by atoms with Gasteiger partial charge in [0.05, 0.1) is 19.2 Å². The van der Waals surface area contributed by atoms with Crippen molar-refractivity contribution in [3.05, 3.63) is 65.5 Å². The Bertz CT molecular complexity index is 1070. The first-order valence-electron chi connectivity index (χ1n) is 11.4. The van der Waals surface area contributed by atoms with Crippen molar-refractivity contribution in [3.8, 4) is 17.1 Å². The molecule has 0 radical (unpaired) electrons. The predicted octanol–water partition coefficient (Wildman–Crippen LogP) is 3.68. The molecule has 3 aromatic rings. The number of hydrogen-bond acceptors (Lipinski definition) is 6. The summed E-state index contributed by atoms with van der Waals surface area (Å²) in [6.07, 6.45) is 2.89. The number of amides is 1. The lowest BCUT2D eigenvalue weighted by molar-refractivity contribution is -0.137. The van der Waals surface area contributed by atoms with E-state index < -0.39 is 0 Å². The van der Waals surface area contributed by atoms with Crippen molar-refractivity contribution < 1.29 is 14.1 Å². The second-order valence-corrected chi connectivity index (χ2v) is 8.40. The molecule has 32 heavy (non-hydrogen) atoms. The van der Waals surface area contributed by atoms with Gasteiger partial charge in [0.2, 0.25) is 17.6 Å². The van der Waals surface area contributed by atoms with Gasteiger partial charge in [-0.15, -0.1) is 0 Å². The van der Waals surface area contributed by atoms with E-state index in [1.54, 1.807) is 0 Å². The summed E-state index contributed by atoms with van der Waals surface area (Å²) in [4.78, 5) is 22.1. The minimum atomic E-state index is -0.205. The quantitative estimate of drug-likeness (QED) is 0.592. The molecule has 166 valence electrons. The van der Waals surface area contributed by atoms with Crippen molar-refractivity contribution in [2.75, 3.05) is 19.7 Å². The van der Waals surface area contributed by atoms with E-state index in [9.17, 15) is 4.79 Å². The van der Waals surface area contributed by atoms with E-state index in [0.29, 0.717) is 37.8 Å². The molecular weight excluding hydrogens is 404 g/mol. The summed E-state index contributed by atoms with van der Waals surface area (Å²) < 4.78 is 11.1. The number of benzene rings is 2. The summed E-state index contributed by atoms with van der Waals surface area (Å²) in [5.41, 5.74) is 3.38. The first-order chi connectivity index (χ1) is 15.7. The molecular formula is C25H28N4O3. The fraction of sp³-hybridized carbons (Fsp3) is 0.400. The van der Waals surface area contributed by atoms with Crippen LogP contribution < -0.4 is 4.74 Å². The maximum atomic E-state index is 13.3. The average molecular weight is 433 g/mol. The van der Waals surface area contributed by atoms with Gasteiger partial charge in [0, 0.05) is 25.2 Å². The zero-order chi connectivity index (χ0) is 21.9. The molecule has 7 nitrogen and oxygen atoms in total. The van der Waals surface area contributed by atoms with Crippen LogP contribution in [0.15, 0.2) is 53.1 Å². The van der Waals surface area contributed by atoms with E-state index in [4.69, 9.17) is 9.26 Å². The van der Waals surface area contributed by atoms with Gasteiger partial charge in [0.25, 0.3) is 0 Å². The highest BCUT2D eigenvalue weighted by Crippen LogP contribution is 2.27. The van der Waals surface area contributed by atoms with Crippen LogP contribution in [0.5, 0.6) is 5.75 Å². The number of carbonyl (C=O) groups is 1. The lowest BCUT2D eigenvalue weighted by atomic mass is 9.93. The summed E-state index contributed by atoms with van der Waals surface area (Å²) in [6.45, 7) is 5.44. The molecule has 2 aliphatic rings. The van der Waals surface area contributed by atoms with Crippen LogP contribution in [0.2, 0.25) is 0 Å². The van der Waals surface area contributed by atoms with E-state index in [1.807, 2.05) is 42.2 Å². The Hall–Kier alpha value is -3.19. The Morgan fingerprint density at radius 3 is 2.59 bits per heavy atom. The number of aromatic nitrogens is 2. The fourth-order valence-corrected chi connectivity index (χ4v) is 4.61. The van der Waals surface area contributed by atoms with Gasteiger partial charge in [-0.2, -0.15) is 4.98 Å². The van der Waals surface area contributed by atoms with Crippen LogP contribution in [0.25, 0.3) is 11.4 Å². The maximum absolute atomic E-state index is 13.3. The molecule has 0 N–H and O–H groups in total. The molecule has 1 fully saturated rings. The number of likely N-dealkylation sites (tertiary alicyclic amines) is 1. The van der Waals surface area contributed by atoms with Gasteiger partial charge >= 0.3 is 0 Å². The molecule has 0 saturated carbocycles. The fourth-order valence-electron chi connectivity index (χ4n) is 4.61. The van der Waals surface area contributed by atoms with Crippen molar-refractivity contribution in [2.24, 2.45) is 0 Å². The van der Waals surface area contributed by atoms with Crippen LogP contribution in [0.4, 0.5) is 0 Å². The molecule has 5 rings (SSSR count). The molecule has 0 bridgehead atoms. The van der Waals surface area contributed by atoms with Gasteiger partial charge in [-0.3, -0.25) is 9.69 Å². The second-order valence-electron chi connectivity index (χ2n) is 8.40. The molecule has 1 aromatic heterocycles. The van der Waals surface area contributed by atoms with Gasteiger partial charge in [-0.05, 0) is 61.6 Å². The van der Waals surface area contributed by atoms with Gasteiger partial charge < -0.3 is 14.2 Å². The number of carbonyl (C=O) groups excluding carboxylic acids is 1. The van der Waals surface area contributed by atoms with E-state index in [-0.39, 0.29) is 11.9 Å². The van der Waals surface area contributed by atoms with Crippen LogP contribution >= 0.6 is 0 Å². The largest absolute Gasteiger partial charge is 0.494 e. The Labute approximate surface area is 188 Å². The molecule has 2 aromatic carbocycles. The molecule has 2 aliphatic heterocycles. The smallest absolute Gasteiger partial charge is 0.241 e. The molecule has 1 unspecified atom stereocenters. The first-order valence-corrected chi connectivity index (χ1v) is 11.4. The summed E-state index contributed by atoms with van der Waals surface area (Å²) in [5.74, 6) is 2.09. The Balaban J connectivity index is 1.36. The SMILES string of the molecule is CCOc1ccc(-c2noc(CN3Cc4ccccc4CC3C(=O)N3CCCC3)n2)cc1. The predicted molar refractivity (Wildman–Crippen MR) is 120 cm³/mol. The van der Waals surface area contributed by atoms with Crippen molar-refractivity contribution in [1.29, 1.82) is 0 Å². The molecule has 1 saturated heterocycles. The highest BCUT2D eigenvalue weighted by molar-refractivity contribution is 5.83. The summed E-state index contributed by atoms with van der Waals surface area (Å²) in [7, 11) is 0. The number of hydrogen-bond donors (Lipinski definition) is 0. The third-order valence-corrected chi connectivity index (χ3v) is 6.28. The number of nitrogens with zero attached hydrogens (tertiary/aromatic N) is 4. The van der Waals surface area contributed by atoms with Crippen LogP contribution in [-0.2, 0) is 24.3 Å². The van der Waals surface area contributed by atoms with E-state index >= 15 is 0 Å². The Morgan fingerprint density at radius 2 is 1.84 bits per heavy atom. The molecule has 7 heteroatoms. The lowest BCUT2D eigenvalue weighted by Crippen LogP contribution is -2.50. The standard InChI is InChI=1S/C25H28N4O3/c1-2-31-21-11-9-18(10-12-21)24-26-23(32-27-24)17-29-16-20-8-4-3-7-19(20)15-22(29)25(30)28-13-5-6-14-28/h3-4,7-12,22H,2,5-6,13-17H2,1H3. The van der Waals surface area contributed by atoms with E-state index in [2.05, 4.69) is 33.2 Å². The summed E-state index contributed by atoms with van der Waals surface area (Å²) in [6, 6.07) is 15.8. The summed E-state index contributed by atoms with van der Waals surface area (Å²) >= 11 is 0.